The molecule has 1 saturated carbocycles. The van der Waals surface area contributed by atoms with Crippen molar-refractivity contribution in [3.63, 3.8) is 0 Å². The Morgan fingerprint density at radius 1 is 1.21 bits per heavy atom. The van der Waals surface area contributed by atoms with Crippen LogP contribution < -0.4 is 9.46 Å². The minimum Gasteiger partial charge on any atom is -0.478 e. The molecule has 152 valence electrons. The number of hydrogen-bond donors (Lipinski definition) is 1. The molecule has 1 aromatic carbocycles. The van der Waals surface area contributed by atoms with Gasteiger partial charge in [0.2, 0.25) is 10.0 Å². The van der Waals surface area contributed by atoms with E-state index >= 15 is 0 Å². The summed E-state index contributed by atoms with van der Waals surface area (Å²) in [6, 6.07) is 7.94. The Morgan fingerprint density at radius 3 is 2.71 bits per heavy atom. The maximum Gasteiger partial charge on any atom is 0.209 e. The molecular weight excluding hydrogens is 375 g/mol. The van der Waals surface area contributed by atoms with Crippen LogP contribution in [-0.2, 0) is 14.8 Å². The summed E-state index contributed by atoms with van der Waals surface area (Å²) in [4.78, 5) is 2.18. The van der Waals surface area contributed by atoms with Gasteiger partial charge in [-0.2, -0.15) is 0 Å². The van der Waals surface area contributed by atoms with Crippen molar-refractivity contribution < 1.29 is 17.9 Å². The van der Waals surface area contributed by atoms with Crippen LogP contribution in [0.5, 0.6) is 5.75 Å². The Labute approximate surface area is 169 Å². The normalized spacial score (nSPS) is 34.4. The average molecular weight is 404 g/mol. The second kappa shape index (κ2) is 7.97. The third-order valence-electron chi connectivity index (χ3n) is 6.38. The Bertz CT molecular complexity index is 795. The van der Waals surface area contributed by atoms with Gasteiger partial charge in [-0.25, -0.2) is 13.1 Å². The molecular formula is C20H29BN2O4S. The smallest absolute Gasteiger partial charge is 0.209 e. The van der Waals surface area contributed by atoms with Crippen LogP contribution in [0.1, 0.15) is 50.0 Å². The van der Waals surface area contributed by atoms with Crippen molar-refractivity contribution >= 4 is 17.9 Å². The van der Waals surface area contributed by atoms with Crippen molar-refractivity contribution in [1.82, 2.24) is 9.62 Å². The van der Waals surface area contributed by atoms with E-state index in [1.165, 1.54) is 11.8 Å². The van der Waals surface area contributed by atoms with Gasteiger partial charge in [0.1, 0.15) is 20.3 Å². The lowest BCUT2D eigenvalue weighted by Gasteiger charge is -2.45. The van der Waals surface area contributed by atoms with Gasteiger partial charge in [0.05, 0.1) is 18.9 Å². The fourth-order valence-corrected chi connectivity index (χ4v) is 5.66. The molecule has 28 heavy (non-hydrogen) atoms. The van der Waals surface area contributed by atoms with E-state index in [1.54, 1.807) is 0 Å². The standard InChI is InChI=1S/C20H29BN2O4S/c1-28(24,25)22-17-6-4-12-23-14-26-19-7-3-2-5-16(19)15-8-10-20(21,11-9-15)27-13-18(17)23/h2-3,5,7,15,17-18,22H,4,6,8-14H2,1H3/t15?,17-,18-,20?/m0/s1. The maximum atomic E-state index is 11.9. The van der Waals surface area contributed by atoms with Gasteiger partial charge >= 0.3 is 0 Å². The lowest BCUT2D eigenvalue weighted by molar-refractivity contribution is -0.0666. The molecule has 4 aliphatic rings. The summed E-state index contributed by atoms with van der Waals surface area (Å²) in [6.45, 7) is 1.66. The Balaban J connectivity index is 1.63. The molecule has 1 N–H and O–H groups in total. The van der Waals surface area contributed by atoms with Crippen molar-refractivity contribution in [3.05, 3.63) is 29.8 Å². The van der Waals surface area contributed by atoms with Crippen molar-refractivity contribution in [3.8, 4) is 5.75 Å². The first-order valence-electron chi connectivity index (χ1n) is 10.2. The Hall–Kier alpha value is -1.09. The van der Waals surface area contributed by atoms with E-state index in [-0.39, 0.29) is 12.1 Å². The fraction of sp³-hybridized carbons (Fsp3) is 0.700. The van der Waals surface area contributed by atoms with E-state index < -0.39 is 15.5 Å². The number of nitrogens with zero attached hydrogens (tertiary/aromatic N) is 1. The molecule has 1 saturated heterocycles. The van der Waals surface area contributed by atoms with E-state index in [0.717, 1.165) is 50.8 Å². The molecule has 1 aliphatic carbocycles. The minimum absolute atomic E-state index is 0.104. The number of para-hydroxylation sites is 1. The molecule has 2 atom stereocenters. The summed E-state index contributed by atoms with van der Waals surface area (Å²) in [5.41, 5.74) is 0.606. The molecule has 3 heterocycles. The van der Waals surface area contributed by atoms with E-state index in [4.69, 9.17) is 17.3 Å². The summed E-state index contributed by atoms with van der Waals surface area (Å²) in [5.74, 6) is 1.36. The number of rotatable bonds is 2. The van der Waals surface area contributed by atoms with Crippen LogP contribution in [0.15, 0.2) is 24.3 Å². The highest BCUT2D eigenvalue weighted by Gasteiger charge is 2.38. The molecule has 8 heteroatoms. The number of sulfonamides is 1. The van der Waals surface area contributed by atoms with E-state index in [9.17, 15) is 8.42 Å². The number of hydrogen-bond acceptors (Lipinski definition) is 5. The predicted molar refractivity (Wildman–Crippen MR) is 109 cm³/mol. The second-order valence-corrected chi connectivity index (χ2v) is 10.3. The summed E-state index contributed by atoms with van der Waals surface area (Å²) in [6.07, 6.45) is 6.43. The zero-order chi connectivity index (χ0) is 19.8. The van der Waals surface area contributed by atoms with Crippen LogP contribution in [0.2, 0.25) is 0 Å². The third kappa shape index (κ3) is 4.56. The predicted octanol–water partition coefficient (Wildman–Crippen LogP) is 1.96. The molecule has 5 rings (SSSR count). The lowest BCUT2D eigenvalue weighted by atomic mass is 9.66. The Morgan fingerprint density at radius 2 is 1.96 bits per heavy atom. The lowest BCUT2D eigenvalue weighted by Crippen LogP contribution is -2.59. The second-order valence-electron chi connectivity index (χ2n) is 8.48. The molecule has 1 aromatic rings. The van der Waals surface area contributed by atoms with Crippen LogP contribution in [0.4, 0.5) is 0 Å². The number of nitrogens with one attached hydrogen (secondary N) is 1. The number of ether oxygens (including phenoxy) is 2. The molecule has 0 spiro atoms. The van der Waals surface area contributed by atoms with E-state index in [1.807, 2.05) is 12.1 Å². The molecule has 2 bridgehead atoms. The van der Waals surface area contributed by atoms with Crippen LogP contribution >= 0.6 is 0 Å². The van der Waals surface area contributed by atoms with Crippen molar-refractivity contribution in [1.29, 1.82) is 0 Å². The van der Waals surface area contributed by atoms with Crippen LogP contribution in [-0.4, -0.2) is 64.9 Å². The summed E-state index contributed by atoms with van der Waals surface area (Å²) in [7, 11) is 3.28. The number of fused-ring (bicyclic) bond motifs is 4. The highest BCUT2D eigenvalue weighted by Crippen LogP contribution is 2.42. The van der Waals surface area contributed by atoms with Gasteiger partial charge in [-0.15, -0.1) is 0 Å². The third-order valence-corrected chi connectivity index (χ3v) is 7.11. The number of piperidine rings is 1. The van der Waals surface area contributed by atoms with Gasteiger partial charge in [0, 0.05) is 18.1 Å². The minimum atomic E-state index is -3.30. The van der Waals surface area contributed by atoms with Gasteiger partial charge < -0.3 is 9.47 Å². The molecule has 2 fully saturated rings. The first kappa shape index (κ1) is 20.2. The topological polar surface area (TPSA) is 67.9 Å². The fourth-order valence-electron chi connectivity index (χ4n) is 4.84. The summed E-state index contributed by atoms with van der Waals surface area (Å²) >= 11 is 0. The zero-order valence-corrected chi connectivity index (χ0v) is 17.3. The summed E-state index contributed by atoms with van der Waals surface area (Å²) < 4.78 is 39.0. The van der Waals surface area contributed by atoms with Crippen molar-refractivity contribution in [2.45, 2.75) is 62.0 Å². The van der Waals surface area contributed by atoms with Gasteiger partial charge in [0.15, 0.2) is 0 Å². The van der Waals surface area contributed by atoms with E-state index in [2.05, 4.69) is 21.8 Å². The highest BCUT2D eigenvalue weighted by molar-refractivity contribution is 7.88. The van der Waals surface area contributed by atoms with Gasteiger partial charge in [-0.3, -0.25) is 4.90 Å². The molecule has 2 radical (unpaired) electrons. The van der Waals surface area contributed by atoms with Crippen LogP contribution in [0.3, 0.4) is 0 Å². The highest BCUT2D eigenvalue weighted by atomic mass is 32.2. The zero-order valence-electron chi connectivity index (χ0n) is 16.5. The summed E-state index contributed by atoms with van der Waals surface area (Å²) in [5, 5.41) is 0. The molecule has 3 aliphatic heterocycles. The van der Waals surface area contributed by atoms with Gasteiger partial charge in [-0.1, -0.05) is 18.2 Å². The van der Waals surface area contributed by atoms with Crippen LogP contribution in [0, 0.1) is 0 Å². The maximum absolute atomic E-state index is 11.9. The molecule has 6 nitrogen and oxygen atoms in total. The molecule has 0 unspecified atom stereocenters. The first-order valence-corrected chi connectivity index (χ1v) is 12.1. The monoisotopic (exact) mass is 404 g/mol. The van der Waals surface area contributed by atoms with Crippen molar-refractivity contribution in [2.24, 2.45) is 0 Å². The van der Waals surface area contributed by atoms with Crippen LogP contribution in [0.25, 0.3) is 0 Å². The van der Waals surface area contributed by atoms with E-state index in [0.29, 0.717) is 19.3 Å². The average Bonchev–Trinajstić information content (AvgIpc) is 2.64. The van der Waals surface area contributed by atoms with Crippen molar-refractivity contribution in [2.75, 3.05) is 26.1 Å². The quantitative estimate of drug-likeness (QED) is 0.764. The largest absolute Gasteiger partial charge is 0.478 e. The first-order chi connectivity index (χ1) is 13.3. The van der Waals surface area contributed by atoms with Gasteiger partial charge in [-0.05, 0) is 56.1 Å². The molecule has 0 amide bonds. The number of benzene rings is 1. The van der Waals surface area contributed by atoms with Gasteiger partial charge in [0.25, 0.3) is 0 Å². The Kier molecular flexibility index (Phi) is 5.75. The molecule has 0 aromatic heterocycles. The SMILES string of the molecule is [B]C12CCC(CC1)c1ccccc1OCN1CCC[C@H](NS(C)(=O)=O)[C@@H]1CO2.